The van der Waals surface area contributed by atoms with Crippen molar-refractivity contribution >= 4 is 17.7 Å². The summed E-state index contributed by atoms with van der Waals surface area (Å²) in [5, 5.41) is 28.1. The largest absolute Gasteiger partial charge is 1.00 e. The normalized spacial score (nSPS) is 10.9. The van der Waals surface area contributed by atoms with Crippen LogP contribution in [0.5, 0.6) is 5.75 Å². The number of nitrogens with one attached hydrogen (secondary N) is 2. The van der Waals surface area contributed by atoms with Crippen LogP contribution >= 0.6 is 0 Å². The maximum absolute atomic E-state index is 12.5. The number of carbonyl (C=O) groups is 2. The van der Waals surface area contributed by atoms with Gasteiger partial charge in [0.25, 0.3) is 5.56 Å². The molecule has 0 saturated heterocycles. The number of carbonyl (C=O) groups excluding carboxylic acids is 2. The van der Waals surface area contributed by atoms with Crippen molar-refractivity contribution in [3.63, 3.8) is 0 Å². The molecule has 1 heterocycles. The van der Waals surface area contributed by atoms with Crippen molar-refractivity contribution in [2.45, 2.75) is 32.7 Å². The Morgan fingerprint density at radius 3 is 2.29 bits per heavy atom. The van der Waals surface area contributed by atoms with Gasteiger partial charge in [-0.2, -0.15) is 0 Å². The second-order valence-electron chi connectivity index (χ2n) is 7.99. The minimum absolute atomic E-state index is 0. The first-order chi connectivity index (χ1) is 15.7. The summed E-state index contributed by atoms with van der Waals surface area (Å²) in [5.41, 5.74) is 3.94. The van der Waals surface area contributed by atoms with Gasteiger partial charge in [-0.1, -0.05) is 54.3 Å². The number of hydrogen-bond acceptors (Lipinski definition) is 5. The molecule has 0 aliphatic carbocycles. The third-order valence-electron chi connectivity index (χ3n) is 5.52. The van der Waals surface area contributed by atoms with Gasteiger partial charge in [0.2, 0.25) is 0 Å². The molecule has 0 spiro atoms. The molecule has 1 unspecified atom stereocenters. The number of hydrogen-bond donors (Lipinski definition) is 2. The summed E-state index contributed by atoms with van der Waals surface area (Å²) in [7, 11) is 1.45. The number of nitrogens with zero attached hydrogens (tertiary/aromatic N) is 1. The van der Waals surface area contributed by atoms with Crippen molar-refractivity contribution in [2.24, 2.45) is 7.05 Å². The van der Waals surface area contributed by atoms with Crippen molar-refractivity contribution in [1.82, 2.24) is 9.88 Å². The van der Waals surface area contributed by atoms with Gasteiger partial charge in [-0.25, -0.2) is 4.79 Å². The van der Waals surface area contributed by atoms with Gasteiger partial charge in [0.15, 0.2) is 0 Å². The molecule has 0 saturated carbocycles. The summed E-state index contributed by atoms with van der Waals surface area (Å²) in [6, 6.07) is 12.7. The molecule has 1 atom stereocenters. The maximum atomic E-state index is 12.5. The Hall–Kier alpha value is -2.07. The Bertz CT molecular complexity index is 1240. The third kappa shape index (κ3) is 8.24. The summed E-state index contributed by atoms with van der Waals surface area (Å²) in [6.07, 6.45) is 1.47. The molecule has 2 N–H and O–H groups in total. The van der Waals surface area contributed by atoms with E-state index in [4.69, 9.17) is 0 Å². The zero-order chi connectivity index (χ0) is 24.1. The first-order valence-electron chi connectivity index (χ1n) is 10.4. The van der Waals surface area contributed by atoms with Crippen molar-refractivity contribution in [3.8, 4) is 5.75 Å². The standard InChI is InChI=1S/C25H27N3O5.2Na/c1-15-6-4-7-16(2)19(15)13-17-8-5-9-18(12-17)20(14-22(30)31)26-25(33)27-23-21(29)10-11-28(3)24(23)32;;/h4-12,20,29H,13-14H2,1-3H3,(H,30,31)(H2,26,27,33);;/q;2*+1/p-2. The van der Waals surface area contributed by atoms with Crippen LogP contribution in [-0.2, 0) is 18.3 Å². The van der Waals surface area contributed by atoms with Crippen LogP contribution in [0.4, 0.5) is 10.5 Å². The van der Waals surface area contributed by atoms with E-state index in [1.54, 1.807) is 12.1 Å². The molecule has 172 valence electrons. The minimum atomic E-state index is -1.35. The molecule has 0 aliphatic heterocycles. The van der Waals surface area contributed by atoms with E-state index in [2.05, 4.69) is 10.6 Å². The molecule has 3 aromatic rings. The number of carboxylic acid groups (broad SMARTS) is 1. The van der Waals surface area contributed by atoms with Gasteiger partial charge < -0.3 is 30.2 Å². The average Bonchev–Trinajstić information content (AvgIpc) is 2.76. The third-order valence-corrected chi connectivity index (χ3v) is 5.52. The maximum Gasteiger partial charge on any atom is 1.00 e. The number of benzene rings is 2. The van der Waals surface area contributed by atoms with Crippen molar-refractivity contribution in [3.05, 3.63) is 92.9 Å². The average molecular weight is 493 g/mol. The Labute approximate surface area is 248 Å². The number of aliphatic carboxylic acids is 1. The fourth-order valence-electron chi connectivity index (χ4n) is 3.71. The molecule has 2 amide bonds. The topological polar surface area (TPSA) is 126 Å². The summed E-state index contributed by atoms with van der Waals surface area (Å²) < 4.78 is 1.16. The van der Waals surface area contributed by atoms with Crippen LogP contribution in [0.1, 0.15) is 40.3 Å². The number of aryl methyl sites for hydroxylation is 3. The van der Waals surface area contributed by atoms with Crippen LogP contribution < -0.4 is 85.5 Å². The zero-order valence-electron chi connectivity index (χ0n) is 20.7. The summed E-state index contributed by atoms with van der Waals surface area (Å²) in [5.74, 6) is -1.99. The van der Waals surface area contributed by atoms with Crippen LogP contribution in [0.2, 0.25) is 0 Å². The molecule has 2 aromatic carbocycles. The van der Waals surface area contributed by atoms with E-state index in [0.29, 0.717) is 12.0 Å². The number of amides is 2. The monoisotopic (exact) mass is 493 g/mol. The number of pyridine rings is 1. The molecule has 0 bridgehead atoms. The molecule has 8 nitrogen and oxygen atoms in total. The van der Waals surface area contributed by atoms with Crippen molar-refractivity contribution in [1.29, 1.82) is 0 Å². The van der Waals surface area contributed by atoms with Crippen molar-refractivity contribution < 1.29 is 78.9 Å². The van der Waals surface area contributed by atoms with Gasteiger partial charge >= 0.3 is 65.1 Å². The smallest absolute Gasteiger partial charge is 0.871 e. The predicted octanol–water partition coefficient (Wildman–Crippen LogP) is -4.32. The van der Waals surface area contributed by atoms with Crippen LogP contribution in [0.15, 0.2) is 59.5 Å². The summed E-state index contributed by atoms with van der Waals surface area (Å²) in [4.78, 5) is 36.0. The molecule has 3 rings (SSSR count). The van der Waals surface area contributed by atoms with Gasteiger partial charge in [0.05, 0.1) is 6.04 Å². The Balaban J connectivity index is 0.00000306. The number of rotatable bonds is 7. The second-order valence-corrected chi connectivity index (χ2v) is 7.99. The number of carboxylic acids is 1. The van der Waals surface area contributed by atoms with Gasteiger partial charge in [0.1, 0.15) is 5.69 Å². The van der Waals surface area contributed by atoms with Crippen LogP contribution in [0.3, 0.4) is 0 Å². The molecule has 10 heteroatoms. The summed E-state index contributed by atoms with van der Waals surface area (Å²) >= 11 is 0. The number of anilines is 1. The molecule has 0 radical (unpaired) electrons. The van der Waals surface area contributed by atoms with Gasteiger partial charge in [-0.3, -0.25) is 4.79 Å². The second kappa shape index (κ2) is 13.9. The number of urea groups is 1. The number of aromatic nitrogens is 1. The molecule has 0 aliphatic rings. The van der Waals surface area contributed by atoms with E-state index in [1.165, 1.54) is 18.8 Å². The van der Waals surface area contributed by atoms with Gasteiger partial charge in [0, 0.05) is 25.6 Å². The van der Waals surface area contributed by atoms with E-state index in [0.717, 1.165) is 27.3 Å². The molecule has 0 fully saturated rings. The molecule has 35 heavy (non-hydrogen) atoms. The zero-order valence-corrected chi connectivity index (χ0v) is 24.7. The fraction of sp³-hybridized carbons (Fsp3) is 0.240. The molecule has 1 aromatic heterocycles. The van der Waals surface area contributed by atoms with Gasteiger partial charge in [-0.05, 0) is 48.1 Å². The van der Waals surface area contributed by atoms with Crippen LogP contribution in [0, 0.1) is 13.8 Å². The SMILES string of the molecule is Cc1cccc(C)c1Cc1cccc(C(CC(=O)[O-])NC(=O)Nc2c([O-])ccn(C)c2=O)c1.[Na+].[Na+]. The van der Waals surface area contributed by atoms with Crippen molar-refractivity contribution in [2.75, 3.05) is 5.32 Å². The molecular formula is C25H25N3Na2O5. The van der Waals surface area contributed by atoms with Crippen LogP contribution in [-0.4, -0.2) is 16.6 Å². The van der Waals surface area contributed by atoms with E-state index in [1.807, 2.05) is 44.2 Å². The first-order valence-corrected chi connectivity index (χ1v) is 10.4. The Kier molecular flexibility index (Phi) is 12.3. The Morgan fingerprint density at radius 1 is 1.03 bits per heavy atom. The van der Waals surface area contributed by atoms with E-state index in [-0.39, 0.29) is 59.1 Å². The quantitative estimate of drug-likeness (QED) is 0.322. The summed E-state index contributed by atoms with van der Waals surface area (Å²) in [6.45, 7) is 4.07. The first kappa shape index (κ1) is 31.0. The van der Waals surface area contributed by atoms with E-state index < -0.39 is 41.5 Å². The molecular weight excluding hydrogens is 468 g/mol. The minimum Gasteiger partial charge on any atom is -0.871 e. The fourth-order valence-corrected chi connectivity index (χ4v) is 3.71. The Morgan fingerprint density at radius 2 is 1.66 bits per heavy atom. The van der Waals surface area contributed by atoms with E-state index in [9.17, 15) is 24.6 Å². The van der Waals surface area contributed by atoms with Gasteiger partial charge in [-0.15, -0.1) is 0 Å². The van der Waals surface area contributed by atoms with Crippen LogP contribution in [0.25, 0.3) is 0 Å². The van der Waals surface area contributed by atoms with E-state index >= 15 is 0 Å². The predicted molar refractivity (Wildman–Crippen MR) is 121 cm³/mol.